The minimum Gasteiger partial charge on any atom is -0.326 e. The van der Waals surface area contributed by atoms with Crippen LogP contribution in [0.4, 0.5) is 5.69 Å². The van der Waals surface area contributed by atoms with Gasteiger partial charge >= 0.3 is 0 Å². The van der Waals surface area contributed by atoms with Gasteiger partial charge in [0.1, 0.15) is 5.69 Å². The summed E-state index contributed by atoms with van der Waals surface area (Å²) in [5.74, 6) is 0.444. The number of para-hydroxylation sites is 2. The maximum absolute atomic E-state index is 12.2. The summed E-state index contributed by atoms with van der Waals surface area (Å²) in [7, 11) is 0. The average Bonchev–Trinajstić information content (AvgIpc) is 3.20. The summed E-state index contributed by atoms with van der Waals surface area (Å²) in [6.45, 7) is 0. The van der Waals surface area contributed by atoms with Gasteiger partial charge in [0.05, 0.1) is 17.5 Å². The number of benzene rings is 2. The van der Waals surface area contributed by atoms with Crippen LogP contribution in [0.5, 0.6) is 0 Å². The first kappa shape index (κ1) is 18.5. The smallest absolute Gasteiger partial charge is 0.271 e. The van der Waals surface area contributed by atoms with Crippen molar-refractivity contribution in [1.29, 1.82) is 0 Å². The fourth-order valence-corrected chi connectivity index (χ4v) is 4.26. The standard InChI is InChI=1S/C21H17N3O2S2/c25-20(12-16-4-3-11-27-16)22-14-7-9-15(10-8-14)28-13-19-21(26)24-18-6-2-1-5-17(18)23-19/h1-11H,12-13H2,(H,22,25)(H,24,26). The molecule has 2 heterocycles. The van der Waals surface area contributed by atoms with E-state index in [1.165, 1.54) is 11.8 Å². The maximum Gasteiger partial charge on any atom is 0.271 e. The minimum absolute atomic E-state index is 0.0326. The van der Waals surface area contributed by atoms with Gasteiger partial charge in [0.25, 0.3) is 5.56 Å². The Morgan fingerprint density at radius 1 is 1.07 bits per heavy atom. The first-order chi connectivity index (χ1) is 13.7. The van der Waals surface area contributed by atoms with Crippen molar-refractivity contribution in [2.45, 2.75) is 17.1 Å². The number of thioether (sulfide) groups is 1. The number of carbonyl (C=O) groups is 1. The number of nitrogens with zero attached hydrogens (tertiary/aromatic N) is 1. The first-order valence-corrected chi connectivity index (χ1v) is 10.6. The van der Waals surface area contributed by atoms with Crippen LogP contribution in [-0.2, 0) is 17.0 Å². The van der Waals surface area contributed by atoms with Crippen LogP contribution in [0.25, 0.3) is 11.0 Å². The molecule has 5 nitrogen and oxygen atoms in total. The summed E-state index contributed by atoms with van der Waals surface area (Å²) >= 11 is 3.11. The van der Waals surface area contributed by atoms with Crippen LogP contribution in [-0.4, -0.2) is 15.9 Å². The summed E-state index contributed by atoms with van der Waals surface area (Å²) in [6.07, 6.45) is 0.380. The van der Waals surface area contributed by atoms with Crippen LogP contribution < -0.4 is 10.9 Å². The molecule has 0 fully saturated rings. The van der Waals surface area contributed by atoms with E-state index >= 15 is 0 Å². The number of hydrogen-bond donors (Lipinski definition) is 2. The van der Waals surface area contributed by atoms with Gasteiger partial charge in [-0.1, -0.05) is 18.2 Å². The highest BCUT2D eigenvalue weighted by Crippen LogP contribution is 2.23. The molecule has 0 saturated heterocycles. The van der Waals surface area contributed by atoms with Gasteiger partial charge in [0, 0.05) is 21.2 Å². The van der Waals surface area contributed by atoms with Crippen molar-refractivity contribution in [3.63, 3.8) is 0 Å². The van der Waals surface area contributed by atoms with Crippen LogP contribution >= 0.6 is 23.1 Å². The van der Waals surface area contributed by atoms with Crippen LogP contribution in [0.1, 0.15) is 10.6 Å². The zero-order chi connectivity index (χ0) is 19.3. The molecule has 4 rings (SSSR count). The van der Waals surface area contributed by atoms with Crippen molar-refractivity contribution in [1.82, 2.24) is 9.97 Å². The van der Waals surface area contributed by atoms with E-state index in [1.54, 1.807) is 11.3 Å². The second-order valence-corrected chi connectivity index (χ2v) is 8.23. The Morgan fingerprint density at radius 3 is 2.68 bits per heavy atom. The molecule has 0 radical (unpaired) electrons. The van der Waals surface area contributed by atoms with Crippen LogP contribution in [0, 0.1) is 0 Å². The average molecular weight is 408 g/mol. The van der Waals surface area contributed by atoms with Crippen LogP contribution in [0.3, 0.4) is 0 Å². The van der Waals surface area contributed by atoms with Crippen molar-refractivity contribution < 1.29 is 4.79 Å². The van der Waals surface area contributed by atoms with E-state index in [0.29, 0.717) is 17.9 Å². The Bertz CT molecular complexity index is 1150. The molecule has 2 N–H and O–H groups in total. The zero-order valence-corrected chi connectivity index (χ0v) is 16.5. The normalized spacial score (nSPS) is 10.9. The summed E-state index contributed by atoms with van der Waals surface area (Å²) in [5.41, 5.74) is 2.61. The molecule has 2 aromatic carbocycles. The van der Waals surface area contributed by atoms with Gasteiger partial charge in [-0.3, -0.25) is 9.59 Å². The largest absolute Gasteiger partial charge is 0.326 e. The molecule has 0 saturated carbocycles. The maximum atomic E-state index is 12.2. The molecular formula is C21H17N3O2S2. The van der Waals surface area contributed by atoms with Crippen LogP contribution in [0.2, 0.25) is 0 Å². The summed E-state index contributed by atoms with van der Waals surface area (Å²) in [4.78, 5) is 33.6. The molecule has 0 aliphatic carbocycles. The lowest BCUT2D eigenvalue weighted by atomic mass is 10.3. The third-order valence-electron chi connectivity index (χ3n) is 4.10. The molecule has 0 aliphatic rings. The van der Waals surface area contributed by atoms with Crippen molar-refractivity contribution in [2.24, 2.45) is 0 Å². The molecule has 140 valence electrons. The highest BCUT2D eigenvalue weighted by Gasteiger charge is 2.07. The lowest BCUT2D eigenvalue weighted by Gasteiger charge is -2.06. The molecule has 1 amide bonds. The Balaban J connectivity index is 1.37. The number of aromatic nitrogens is 2. The number of thiophene rings is 1. The second kappa shape index (κ2) is 8.41. The number of H-pyrrole nitrogens is 1. The van der Waals surface area contributed by atoms with Gasteiger partial charge in [-0.2, -0.15) is 0 Å². The minimum atomic E-state index is -0.163. The van der Waals surface area contributed by atoms with E-state index in [9.17, 15) is 9.59 Å². The third-order valence-corrected chi connectivity index (χ3v) is 6.00. The second-order valence-electron chi connectivity index (χ2n) is 6.15. The number of amides is 1. The van der Waals surface area contributed by atoms with E-state index < -0.39 is 0 Å². The summed E-state index contributed by atoms with van der Waals surface area (Å²) < 4.78 is 0. The third kappa shape index (κ3) is 4.49. The Morgan fingerprint density at radius 2 is 1.89 bits per heavy atom. The monoisotopic (exact) mass is 407 g/mol. The highest BCUT2D eigenvalue weighted by molar-refractivity contribution is 7.98. The number of rotatable bonds is 6. The van der Waals surface area contributed by atoms with E-state index in [-0.39, 0.29) is 11.5 Å². The Hall–Kier alpha value is -2.90. The van der Waals surface area contributed by atoms with Gasteiger partial charge < -0.3 is 10.3 Å². The van der Waals surface area contributed by atoms with Gasteiger partial charge in [-0.05, 0) is 47.8 Å². The molecule has 0 spiro atoms. The molecule has 0 unspecified atom stereocenters. The van der Waals surface area contributed by atoms with Gasteiger partial charge in [0.15, 0.2) is 0 Å². The Labute approximate surface area is 169 Å². The SMILES string of the molecule is O=C(Cc1cccs1)Nc1ccc(SCc2nc3ccccc3[nH]c2=O)cc1. The van der Waals surface area contributed by atoms with Crippen molar-refractivity contribution in [3.05, 3.63) is 87.0 Å². The zero-order valence-electron chi connectivity index (χ0n) is 14.8. The number of nitrogens with one attached hydrogen (secondary N) is 2. The number of carbonyl (C=O) groups excluding carboxylic acids is 1. The van der Waals surface area contributed by atoms with Gasteiger partial charge in [-0.15, -0.1) is 23.1 Å². The quantitative estimate of drug-likeness (QED) is 0.463. The summed E-state index contributed by atoms with van der Waals surface area (Å²) in [5, 5.41) is 4.86. The molecule has 2 aromatic heterocycles. The van der Waals surface area contributed by atoms with Gasteiger partial charge in [0.2, 0.25) is 5.91 Å². The molecule has 0 atom stereocenters. The van der Waals surface area contributed by atoms with Crippen molar-refractivity contribution >= 4 is 45.7 Å². The molecule has 0 bridgehead atoms. The molecule has 0 aliphatic heterocycles. The topological polar surface area (TPSA) is 74.8 Å². The molecule has 28 heavy (non-hydrogen) atoms. The van der Waals surface area contributed by atoms with Crippen LogP contribution in [0.15, 0.2) is 75.7 Å². The lowest BCUT2D eigenvalue weighted by molar-refractivity contribution is -0.115. The van der Waals surface area contributed by atoms with Crippen molar-refractivity contribution in [2.75, 3.05) is 5.32 Å². The lowest BCUT2D eigenvalue weighted by Crippen LogP contribution is -2.14. The van der Waals surface area contributed by atoms with E-state index in [1.807, 2.05) is 66.0 Å². The highest BCUT2D eigenvalue weighted by atomic mass is 32.2. The van der Waals surface area contributed by atoms with E-state index in [4.69, 9.17) is 0 Å². The van der Waals surface area contributed by atoms with E-state index in [0.717, 1.165) is 26.5 Å². The molecule has 4 aromatic rings. The number of aromatic amines is 1. The predicted molar refractivity (Wildman–Crippen MR) is 115 cm³/mol. The molecule has 7 heteroatoms. The molecular weight excluding hydrogens is 390 g/mol. The fourth-order valence-electron chi connectivity index (χ4n) is 2.73. The number of hydrogen-bond acceptors (Lipinski definition) is 5. The Kier molecular flexibility index (Phi) is 5.55. The van der Waals surface area contributed by atoms with Crippen molar-refractivity contribution in [3.8, 4) is 0 Å². The predicted octanol–water partition coefficient (Wildman–Crippen LogP) is 4.46. The fraction of sp³-hybridized carbons (Fsp3) is 0.0952. The number of fused-ring (bicyclic) bond motifs is 1. The van der Waals surface area contributed by atoms with E-state index in [2.05, 4.69) is 15.3 Å². The number of anilines is 1. The summed E-state index contributed by atoms with van der Waals surface area (Å²) in [6, 6.07) is 19.0. The van der Waals surface area contributed by atoms with Gasteiger partial charge in [-0.25, -0.2) is 4.98 Å². The first-order valence-electron chi connectivity index (χ1n) is 8.70.